The van der Waals surface area contributed by atoms with Gasteiger partial charge in [-0.3, -0.25) is 14.4 Å². The van der Waals surface area contributed by atoms with Crippen LogP contribution in [0.5, 0.6) is 0 Å². The number of anilines is 1. The molecular formula is C16H20N2O4. The molecule has 2 atom stereocenters. The molecule has 2 amide bonds. The molecule has 0 saturated carbocycles. The molecule has 0 aliphatic carbocycles. The molecule has 0 aromatic heterocycles. The molecule has 0 radical (unpaired) electrons. The van der Waals surface area contributed by atoms with Gasteiger partial charge in [0.2, 0.25) is 5.91 Å². The Morgan fingerprint density at radius 3 is 2.41 bits per heavy atom. The minimum absolute atomic E-state index is 0.173. The third kappa shape index (κ3) is 3.44. The number of rotatable bonds is 3. The monoisotopic (exact) mass is 304 g/mol. The number of benzene rings is 1. The molecule has 0 bridgehead atoms. The molecule has 1 fully saturated rings. The van der Waals surface area contributed by atoms with Crippen LogP contribution >= 0.6 is 0 Å². The molecule has 1 heterocycles. The lowest BCUT2D eigenvalue weighted by atomic mass is 9.90. The second-order valence-corrected chi connectivity index (χ2v) is 5.58. The predicted molar refractivity (Wildman–Crippen MR) is 81.6 cm³/mol. The van der Waals surface area contributed by atoms with Gasteiger partial charge >= 0.3 is 5.97 Å². The van der Waals surface area contributed by atoms with Gasteiger partial charge < -0.3 is 15.3 Å². The zero-order chi connectivity index (χ0) is 16.3. The van der Waals surface area contributed by atoms with Gasteiger partial charge in [0.25, 0.3) is 5.91 Å². The first kappa shape index (κ1) is 16.0. The highest BCUT2D eigenvalue weighted by Gasteiger charge is 2.35. The van der Waals surface area contributed by atoms with Gasteiger partial charge in [0, 0.05) is 30.8 Å². The SMILES string of the molecule is CC(=O)Nc1ccc(C(=O)N2CCC[C@@H](C(=O)O)[C@H]2C)cc1. The van der Waals surface area contributed by atoms with Crippen molar-refractivity contribution in [2.45, 2.75) is 32.7 Å². The van der Waals surface area contributed by atoms with Crippen LogP contribution < -0.4 is 5.32 Å². The van der Waals surface area contributed by atoms with E-state index in [1.165, 1.54) is 6.92 Å². The van der Waals surface area contributed by atoms with E-state index in [2.05, 4.69) is 5.32 Å². The third-order valence-electron chi connectivity index (χ3n) is 4.02. The van der Waals surface area contributed by atoms with Crippen LogP contribution in [0.25, 0.3) is 0 Å². The van der Waals surface area contributed by atoms with E-state index in [4.69, 9.17) is 0 Å². The topological polar surface area (TPSA) is 86.7 Å². The quantitative estimate of drug-likeness (QED) is 0.894. The normalized spacial score (nSPS) is 21.3. The van der Waals surface area contributed by atoms with E-state index in [9.17, 15) is 19.5 Å². The van der Waals surface area contributed by atoms with Crippen molar-refractivity contribution in [1.82, 2.24) is 4.90 Å². The molecule has 1 saturated heterocycles. The number of piperidine rings is 1. The molecule has 0 spiro atoms. The number of likely N-dealkylation sites (tertiary alicyclic amines) is 1. The summed E-state index contributed by atoms with van der Waals surface area (Å²) in [4.78, 5) is 36.4. The summed E-state index contributed by atoms with van der Waals surface area (Å²) in [6, 6.07) is 6.29. The Morgan fingerprint density at radius 1 is 1.23 bits per heavy atom. The summed E-state index contributed by atoms with van der Waals surface area (Å²) in [6.07, 6.45) is 1.29. The van der Waals surface area contributed by atoms with Crippen LogP contribution in [-0.2, 0) is 9.59 Å². The number of carbonyl (C=O) groups excluding carboxylic acids is 2. The lowest BCUT2D eigenvalue weighted by Gasteiger charge is -2.37. The highest BCUT2D eigenvalue weighted by molar-refractivity contribution is 5.96. The van der Waals surface area contributed by atoms with Gasteiger partial charge in [0.15, 0.2) is 0 Å². The first-order valence-corrected chi connectivity index (χ1v) is 7.31. The minimum atomic E-state index is -0.856. The van der Waals surface area contributed by atoms with Crippen LogP contribution in [0, 0.1) is 5.92 Å². The van der Waals surface area contributed by atoms with Gasteiger partial charge in [-0.1, -0.05) is 0 Å². The Bertz CT molecular complexity index is 582. The van der Waals surface area contributed by atoms with Gasteiger partial charge in [0.05, 0.1) is 5.92 Å². The summed E-state index contributed by atoms with van der Waals surface area (Å²) < 4.78 is 0. The lowest BCUT2D eigenvalue weighted by Crippen LogP contribution is -2.49. The van der Waals surface area contributed by atoms with Crippen LogP contribution in [0.2, 0.25) is 0 Å². The van der Waals surface area contributed by atoms with Crippen LogP contribution in [0.4, 0.5) is 5.69 Å². The Hall–Kier alpha value is -2.37. The summed E-state index contributed by atoms with van der Waals surface area (Å²) in [7, 11) is 0. The van der Waals surface area contributed by atoms with E-state index in [0.717, 1.165) is 0 Å². The molecule has 2 rings (SSSR count). The fraction of sp³-hybridized carbons (Fsp3) is 0.438. The van der Waals surface area contributed by atoms with Crippen molar-refractivity contribution in [3.05, 3.63) is 29.8 Å². The molecule has 1 aliphatic rings. The third-order valence-corrected chi connectivity index (χ3v) is 4.02. The second kappa shape index (κ2) is 6.60. The molecule has 6 heteroatoms. The average Bonchev–Trinajstić information content (AvgIpc) is 2.46. The number of hydrogen-bond donors (Lipinski definition) is 2. The van der Waals surface area contributed by atoms with E-state index >= 15 is 0 Å². The number of nitrogens with one attached hydrogen (secondary N) is 1. The van der Waals surface area contributed by atoms with Gasteiger partial charge in [-0.15, -0.1) is 0 Å². The standard InChI is InChI=1S/C16H20N2O4/c1-10-14(16(21)22)4-3-9-18(10)15(20)12-5-7-13(8-6-12)17-11(2)19/h5-8,10,14H,3-4,9H2,1-2H3,(H,17,19)(H,21,22)/t10-,14-/m1/s1. The smallest absolute Gasteiger partial charge is 0.308 e. The number of carboxylic acids is 1. The maximum Gasteiger partial charge on any atom is 0.308 e. The molecule has 6 nitrogen and oxygen atoms in total. The molecule has 22 heavy (non-hydrogen) atoms. The van der Waals surface area contributed by atoms with E-state index in [-0.39, 0.29) is 17.9 Å². The number of aliphatic carboxylic acids is 1. The Morgan fingerprint density at radius 2 is 1.86 bits per heavy atom. The highest BCUT2D eigenvalue weighted by Crippen LogP contribution is 2.25. The van der Waals surface area contributed by atoms with Crippen LogP contribution in [0.1, 0.15) is 37.0 Å². The highest BCUT2D eigenvalue weighted by atomic mass is 16.4. The van der Waals surface area contributed by atoms with E-state index < -0.39 is 11.9 Å². The molecule has 1 aromatic rings. The van der Waals surface area contributed by atoms with Crippen LogP contribution in [0.15, 0.2) is 24.3 Å². The molecule has 118 valence electrons. The second-order valence-electron chi connectivity index (χ2n) is 5.58. The van der Waals surface area contributed by atoms with Gasteiger partial charge in [-0.25, -0.2) is 0 Å². The fourth-order valence-electron chi connectivity index (χ4n) is 2.83. The van der Waals surface area contributed by atoms with Gasteiger partial charge in [0.1, 0.15) is 0 Å². The summed E-state index contributed by atoms with van der Waals surface area (Å²) in [5.74, 6) is -1.72. The number of hydrogen-bond acceptors (Lipinski definition) is 3. The number of carboxylic acid groups (broad SMARTS) is 1. The van der Waals surface area contributed by atoms with E-state index in [0.29, 0.717) is 30.6 Å². The Kier molecular flexibility index (Phi) is 4.80. The first-order chi connectivity index (χ1) is 10.4. The first-order valence-electron chi connectivity index (χ1n) is 7.31. The van der Waals surface area contributed by atoms with Crippen LogP contribution in [0.3, 0.4) is 0 Å². The van der Waals surface area contributed by atoms with E-state index in [1.54, 1.807) is 36.1 Å². The molecule has 2 N–H and O–H groups in total. The number of carbonyl (C=O) groups is 3. The molecular weight excluding hydrogens is 284 g/mol. The van der Waals surface area contributed by atoms with Crippen LogP contribution in [-0.4, -0.2) is 40.4 Å². The van der Waals surface area contributed by atoms with E-state index in [1.807, 2.05) is 0 Å². The van der Waals surface area contributed by atoms with Crippen molar-refractivity contribution < 1.29 is 19.5 Å². The largest absolute Gasteiger partial charge is 0.481 e. The van der Waals surface area contributed by atoms with Gasteiger partial charge in [-0.05, 0) is 44.0 Å². The lowest BCUT2D eigenvalue weighted by molar-refractivity contribution is -0.145. The maximum atomic E-state index is 12.6. The Balaban J connectivity index is 2.13. The summed E-state index contributed by atoms with van der Waals surface area (Å²) in [5, 5.41) is 11.9. The summed E-state index contributed by atoms with van der Waals surface area (Å²) in [6.45, 7) is 3.76. The van der Waals surface area contributed by atoms with Crippen molar-refractivity contribution in [1.29, 1.82) is 0 Å². The van der Waals surface area contributed by atoms with Crippen molar-refractivity contribution in [2.75, 3.05) is 11.9 Å². The van der Waals surface area contributed by atoms with Gasteiger partial charge in [-0.2, -0.15) is 0 Å². The summed E-state index contributed by atoms with van der Waals surface area (Å²) >= 11 is 0. The number of amides is 2. The average molecular weight is 304 g/mol. The summed E-state index contributed by atoms with van der Waals surface area (Å²) in [5.41, 5.74) is 1.12. The maximum absolute atomic E-state index is 12.6. The fourth-order valence-corrected chi connectivity index (χ4v) is 2.83. The predicted octanol–water partition coefficient (Wildman–Crippen LogP) is 1.97. The molecule has 1 aromatic carbocycles. The van der Waals surface area contributed by atoms with Crippen molar-refractivity contribution >= 4 is 23.5 Å². The van der Waals surface area contributed by atoms with Crippen molar-refractivity contribution in [2.24, 2.45) is 5.92 Å². The molecule has 1 aliphatic heterocycles. The Labute approximate surface area is 129 Å². The van der Waals surface area contributed by atoms with Crippen molar-refractivity contribution in [3.63, 3.8) is 0 Å². The number of nitrogens with zero attached hydrogens (tertiary/aromatic N) is 1. The zero-order valence-corrected chi connectivity index (χ0v) is 12.7. The van der Waals surface area contributed by atoms with Crippen molar-refractivity contribution in [3.8, 4) is 0 Å². The zero-order valence-electron chi connectivity index (χ0n) is 12.7. The molecule has 0 unspecified atom stereocenters. The minimum Gasteiger partial charge on any atom is -0.481 e.